The van der Waals surface area contributed by atoms with Crippen molar-refractivity contribution in [3.05, 3.63) is 22.2 Å². The Bertz CT molecular complexity index is 459. The van der Waals surface area contributed by atoms with Crippen LogP contribution in [0, 0.1) is 10.1 Å². The highest BCUT2D eigenvalue weighted by molar-refractivity contribution is 5.57. The van der Waals surface area contributed by atoms with E-state index < -0.39 is 4.92 Å². The summed E-state index contributed by atoms with van der Waals surface area (Å²) in [5, 5.41) is 13.9. The van der Waals surface area contributed by atoms with Crippen molar-refractivity contribution in [3.8, 4) is 0 Å². The van der Waals surface area contributed by atoms with E-state index in [0.29, 0.717) is 5.82 Å². The van der Waals surface area contributed by atoms with Gasteiger partial charge in [0.1, 0.15) is 5.82 Å². The van der Waals surface area contributed by atoms with Crippen LogP contribution >= 0.6 is 0 Å². The summed E-state index contributed by atoms with van der Waals surface area (Å²) in [6.07, 6.45) is 2.52. The number of nitrogens with zero attached hydrogens (tertiary/aromatic N) is 3. The minimum atomic E-state index is -0.528. The van der Waals surface area contributed by atoms with Crippen molar-refractivity contribution in [2.24, 2.45) is 0 Å². The molecule has 1 atom stereocenters. The third kappa shape index (κ3) is 3.54. The van der Waals surface area contributed by atoms with Crippen LogP contribution in [0.4, 0.5) is 17.3 Å². The molecule has 1 saturated heterocycles. The predicted octanol–water partition coefficient (Wildman–Crippen LogP) is 1.47. The Hall–Kier alpha value is -1.89. The van der Waals surface area contributed by atoms with Crippen molar-refractivity contribution < 1.29 is 4.92 Å². The number of nitrogens with one attached hydrogen (secondary N) is 1. The number of rotatable bonds is 5. The molecule has 0 bridgehead atoms. The fraction of sp³-hybridized carbons (Fsp3) is 0.583. The summed E-state index contributed by atoms with van der Waals surface area (Å²) >= 11 is 0. The first kappa shape index (κ1) is 13.5. The van der Waals surface area contributed by atoms with Gasteiger partial charge in [-0.1, -0.05) is 0 Å². The van der Waals surface area contributed by atoms with Crippen LogP contribution in [0.25, 0.3) is 0 Å². The van der Waals surface area contributed by atoms with E-state index in [4.69, 9.17) is 5.73 Å². The maximum absolute atomic E-state index is 10.6. The second-order valence-electron chi connectivity index (χ2n) is 4.91. The number of likely N-dealkylation sites (tertiary alicyclic amines) is 1. The Morgan fingerprint density at radius 2 is 2.21 bits per heavy atom. The van der Waals surface area contributed by atoms with Crippen molar-refractivity contribution in [2.75, 3.05) is 30.7 Å². The van der Waals surface area contributed by atoms with Crippen molar-refractivity contribution in [1.82, 2.24) is 9.88 Å². The number of nitro groups is 1. The van der Waals surface area contributed by atoms with Crippen LogP contribution in [0.5, 0.6) is 0 Å². The first-order valence-corrected chi connectivity index (χ1v) is 6.46. The number of hydrogen-bond acceptors (Lipinski definition) is 6. The van der Waals surface area contributed by atoms with Gasteiger partial charge in [-0.15, -0.1) is 0 Å². The monoisotopic (exact) mass is 265 g/mol. The van der Waals surface area contributed by atoms with Crippen molar-refractivity contribution in [3.63, 3.8) is 0 Å². The molecule has 19 heavy (non-hydrogen) atoms. The van der Waals surface area contributed by atoms with Gasteiger partial charge in [-0.2, -0.15) is 0 Å². The molecular weight excluding hydrogens is 246 g/mol. The summed E-state index contributed by atoms with van der Waals surface area (Å²) in [6.45, 7) is 5.29. The highest BCUT2D eigenvalue weighted by Gasteiger charge is 2.16. The second kappa shape index (κ2) is 5.83. The highest BCUT2D eigenvalue weighted by Crippen LogP contribution is 2.21. The fourth-order valence-electron chi connectivity index (χ4n) is 2.35. The Morgan fingerprint density at radius 1 is 1.53 bits per heavy atom. The van der Waals surface area contributed by atoms with Crippen LogP contribution in [-0.2, 0) is 0 Å². The molecule has 1 aromatic rings. The smallest absolute Gasteiger partial charge is 0.311 e. The summed E-state index contributed by atoms with van der Waals surface area (Å²) in [6, 6.07) is 3.20. The number of hydrogen-bond donors (Lipinski definition) is 2. The Balaban J connectivity index is 1.94. The molecule has 0 aliphatic carbocycles. The lowest BCUT2D eigenvalue weighted by Gasteiger charge is -2.21. The van der Waals surface area contributed by atoms with Gasteiger partial charge in [0.25, 0.3) is 0 Å². The van der Waals surface area contributed by atoms with Crippen molar-refractivity contribution >= 4 is 17.3 Å². The summed E-state index contributed by atoms with van der Waals surface area (Å²) in [7, 11) is 0. The van der Waals surface area contributed by atoms with Crippen molar-refractivity contribution in [1.29, 1.82) is 0 Å². The third-order valence-electron chi connectivity index (χ3n) is 3.22. The zero-order valence-corrected chi connectivity index (χ0v) is 11.0. The normalized spacial score (nSPS) is 17.3. The summed E-state index contributed by atoms with van der Waals surface area (Å²) in [5.41, 5.74) is 5.40. The zero-order chi connectivity index (χ0) is 13.8. The van der Waals surface area contributed by atoms with Crippen LogP contribution in [0.15, 0.2) is 12.1 Å². The van der Waals surface area contributed by atoms with Gasteiger partial charge in [0.05, 0.1) is 4.92 Å². The lowest BCUT2D eigenvalue weighted by atomic mass is 10.3. The molecule has 0 spiro atoms. The molecule has 0 amide bonds. The van der Waals surface area contributed by atoms with Gasteiger partial charge >= 0.3 is 5.69 Å². The minimum absolute atomic E-state index is 0.0524. The van der Waals surface area contributed by atoms with Crippen molar-refractivity contribution in [2.45, 2.75) is 25.8 Å². The summed E-state index contributed by atoms with van der Waals surface area (Å²) in [5.74, 6) is 0.526. The van der Waals surface area contributed by atoms with E-state index in [1.807, 2.05) is 0 Å². The maximum atomic E-state index is 10.6. The fourth-order valence-corrected chi connectivity index (χ4v) is 2.35. The van der Waals surface area contributed by atoms with E-state index >= 15 is 0 Å². The lowest BCUT2D eigenvalue weighted by Crippen LogP contribution is -2.33. The van der Waals surface area contributed by atoms with E-state index in [-0.39, 0.29) is 17.5 Å². The Kier molecular flexibility index (Phi) is 4.16. The van der Waals surface area contributed by atoms with Gasteiger partial charge in [-0.25, -0.2) is 4.98 Å². The molecule has 1 aromatic heterocycles. The molecule has 2 rings (SSSR count). The minimum Gasteiger partial charge on any atom is -0.378 e. The quantitative estimate of drug-likeness (QED) is 0.618. The second-order valence-corrected chi connectivity index (χ2v) is 4.91. The van der Waals surface area contributed by atoms with E-state index in [9.17, 15) is 10.1 Å². The predicted molar refractivity (Wildman–Crippen MR) is 74.1 cm³/mol. The zero-order valence-electron chi connectivity index (χ0n) is 11.0. The molecule has 104 valence electrons. The Morgan fingerprint density at radius 3 is 2.79 bits per heavy atom. The van der Waals surface area contributed by atoms with Gasteiger partial charge in [0.15, 0.2) is 0 Å². The molecule has 0 saturated carbocycles. The van der Waals surface area contributed by atoms with E-state index in [0.717, 1.165) is 19.6 Å². The molecule has 2 heterocycles. The average molecular weight is 265 g/mol. The van der Waals surface area contributed by atoms with Gasteiger partial charge in [-0.05, 0) is 38.9 Å². The van der Waals surface area contributed by atoms with Gasteiger partial charge in [-0.3, -0.25) is 10.1 Å². The van der Waals surface area contributed by atoms with Crippen LogP contribution in [0.3, 0.4) is 0 Å². The molecule has 0 aromatic carbocycles. The largest absolute Gasteiger partial charge is 0.378 e. The number of nitrogens with two attached hydrogens (primary N) is 1. The van der Waals surface area contributed by atoms with E-state index in [2.05, 4.69) is 22.1 Å². The molecule has 0 radical (unpaired) electrons. The van der Waals surface area contributed by atoms with Crippen LogP contribution in [-0.4, -0.2) is 40.5 Å². The number of pyridine rings is 1. The molecular formula is C12H19N5O2. The standard InChI is InChI=1S/C12H19N5O2/c1-9(8-16-6-2-3-7-16)14-11-5-4-10(17(18)19)12(13)15-11/h4-5,9H,2-3,6-8H2,1H3,(H3,13,14,15). The van der Waals surface area contributed by atoms with E-state index in [1.54, 1.807) is 6.07 Å². The van der Waals surface area contributed by atoms with E-state index in [1.165, 1.54) is 18.9 Å². The van der Waals surface area contributed by atoms with Gasteiger partial charge < -0.3 is 16.0 Å². The highest BCUT2D eigenvalue weighted by atomic mass is 16.6. The maximum Gasteiger partial charge on any atom is 0.311 e. The number of anilines is 2. The molecule has 1 aliphatic rings. The summed E-state index contributed by atoms with van der Waals surface area (Å²) < 4.78 is 0. The SMILES string of the molecule is CC(CN1CCCC1)Nc1ccc([N+](=O)[O-])c(N)n1. The molecule has 1 aliphatic heterocycles. The topological polar surface area (TPSA) is 97.3 Å². The lowest BCUT2D eigenvalue weighted by molar-refractivity contribution is -0.384. The Labute approximate surface area is 112 Å². The van der Waals surface area contributed by atoms with Crippen LogP contribution in [0.1, 0.15) is 19.8 Å². The first-order valence-electron chi connectivity index (χ1n) is 6.46. The molecule has 1 fully saturated rings. The van der Waals surface area contributed by atoms with Gasteiger partial charge in [0, 0.05) is 18.7 Å². The van der Waals surface area contributed by atoms with Gasteiger partial charge in [0.2, 0.25) is 5.82 Å². The molecule has 1 unspecified atom stereocenters. The van der Waals surface area contributed by atoms with Crippen LogP contribution < -0.4 is 11.1 Å². The molecule has 3 N–H and O–H groups in total. The molecule has 7 heteroatoms. The first-order chi connectivity index (χ1) is 9.06. The van der Waals surface area contributed by atoms with Crippen LogP contribution in [0.2, 0.25) is 0 Å². The molecule has 7 nitrogen and oxygen atoms in total. The summed E-state index contributed by atoms with van der Waals surface area (Å²) in [4.78, 5) is 16.5. The average Bonchev–Trinajstić information content (AvgIpc) is 2.81. The third-order valence-corrected chi connectivity index (χ3v) is 3.22. The number of aromatic nitrogens is 1. The number of nitrogen functional groups attached to an aromatic ring is 1.